The molecule has 3 aromatic rings. The second-order valence-corrected chi connectivity index (χ2v) is 12.4. The number of benzene rings is 1. The molecule has 0 saturated carbocycles. The lowest BCUT2D eigenvalue weighted by Gasteiger charge is -2.22. The van der Waals surface area contributed by atoms with Crippen LogP contribution in [0.3, 0.4) is 0 Å². The van der Waals surface area contributed by atoms with Gasteiger partial charge in [0.05, 0.1) is 18.5 Å². The number of imidazole rings is 1. The third-order valence-electron chi connectivity index (χ3n) is 5.21. The molecule has 3 heterocycles. The first-order chi connectivity index (χ1) is 18.6. The smallest absolute Gasteiger partial charge is 0.453 e. The number of aromatic nitrogens is 4. The Morgan fingerprint density at radius 1 is 1.02 bits per heavy atom. The van der Waals surface area contributed by atoms with Gasteiger partial charge < -0.3 is 45.6 Å². The van der Waals surface area contributed by atoms with E-state index in [0.29, 0.717) is 0 Å². The maximum atomic E-state index is 12.8. The molecule has 0 amide bonds. The number of anilines is 2. The topological polar surface area (TPSA) is 311 Å². The second-order valence-electron chi connectivity index (χ2n) is 7.98. The Balaban J connectivity index is 1.59. The van der Waals surface area contributed by atoms with E-state index in [4.69, 9.17) is 30.7 Å². The van der Waals surface area contributed by atoms with Gasteiger partial charge in [0.25, 0.3) is 0 Å². The molecule has 23 heteroatoms. The second kappa shape index (κ2) is 11.2. The van der Waals surface area contributed by atoms with Crippen LogP contribution in [-0.4, -0.2) is 75.1 Å². The van der Waals surface area contributed by atoms with E-state index >= 15 is 0 Å². The van der Waals surface area contributed by atoms with E-state index in [1.54, 1.807) is 6.07 Å². The highest BCUT2D eigenvalue weighted by molar-refractivity contribution is 7.66. The van der Waals surface area contributed by atoms with Crippen LogP contribution in [0.1, 0.15) is 16.6 Å². The number of esters is 1. The van der Waals surface area contributed by atoms with Crippen molar-refractivity contribution in [1.29, 1.82) is 0 Å². The third kappa shape index (κ3) is 6.90. The van der Waals surface area contributed by atoms with Crippen molar-refractivity contribution in [2.45, 2.75) is 24.5 Å². The maximum absolute atomic E-state index is 12.8. The van der Waals surface area contributed by atoms with Gasteiger partial charge in [-0.3, -0.25) is 9.09 Å². The van der Waals surface area contributed by atoms with Crippen LogP contribution in [0.5, 0.6) is 0 Å². The number of para-hydroxylation sites is 1. The molecule has 1 aliphatic rings. The van der Waals surface area contributed by atoms with E-state index in [-0.39, 0.29) is 28.2 Å². The van der Waals surface area contributed by atoms with Crippen LogP contribution in [0.2, 0.25) is 0 Å². The van der Waals surface area contributed by atoms with Crippen molar-refractivity contribution in [3.63, 3.8) is 0 Å². The van der Waals surface area contributed by atoms with E-state index in [1.165, 1.54) is 29.1 Å². The summed E-state index contributed by atoms with van der Waals surface area (Å²) in [6.07, 6.45) is -3.99. The number of aliphatic hydroxyl groups excluding tert-OH is 1. The Morgan fingerprint density at radius 2 is 1.73 bits per heavy atom. The van der Waals surface area contributed by atoms with Crippen LogP contribution in [0.15, 0.2) is 36.9 Å². The first-order valence-corrected chi connectivity index (χ1v) is 15.2. The van der Waals surface area contributed by atoms with Crippen LogP contribution in [0.4, 0.5) is 11.5 Å². The lowest BCUT2D eigenvalue weighted by Crippen LogP contribution is -2.38. The molecule has 0 radical (unpaired) electrons. The number of phosphoric ester groups is 1. The van der Waals surface area contributed by atoms with Gasteiger partial charge in [0, 0.05) is 5.69 Å². The summed E-state index contributed by atoms with van der Waals surface area (Å²) in [6.45, 7) is -1.04. The molecule has 218 valence electrons. The molecule has 6 atom stereocenters. The maximum Gasteiger partial charge on any atom is 0.490 e. The number of carbonyl (C=O) groups is 1. The zero-order valence-corrected chi connectivity index (χ0v) is 22.4. The Hall–Kier alpha value is -2.83. The number of nitrogens with two attached hydrogens (primary N) is 2. The van der Waals surface area contributed by atoms with Crippen LogP contribution in [-0.2, 0) is 36.3 Å². The van der Waals surface area contributed by atoms with E-state index in [2.05, 4.69) is 28.1 Å². The number of nitrogens with zero attached hydrogens (tertiary/aromatic N) is 4. The Labute approximate surface area is 222 Å². The molecule has 0 spiro atoms. The van der Waals surface area contributed by atoms with Gasteiger partial charge >= 0.3 is 29.4 Å². The lowest BCUT2D eigenvalue weighted by molar-refractivity contribution is -0.0520. The molecular weight excluding hydrogens is 605 g/mol. The summed E-state index contributed by atoms with van der Waals surface area (Å²) < 4.78 is 59.0. The largest absolute Gasteiger partial charge is 0.490 e. The van der Waals surface area contributed by atoms with Crippen LogP contribution >= 0.6 is 23.5 Å². The predicted molar refractivity (Wildman–Crippen MR) is 130 cm³/mol. The van der Waals surface area contributed by atoms with Crippen LogP contribution < -0.4 is 11.5 Å². The van der Waals surface area contributed by atoms with Crippen molar-refractivity contribution < 1.29 is 65.8 Å². The van der Waals surface area contributed by atoms with Crippen molar-refractivity contribution >= 4 is 52.1 Å². The molecule has 20 nitrogen and oxygen atoms in total. The number of hydrogen-bond acceptors (Lipinski definition) is 15. The summed E-state index contributed by atoms with van der Waals surface area (Å²) in [4.78, 5) is 61.2. The van der Waals surface area contributed by atoms with Gasteiger partial charge in [0.1, 0.15) is 24.1 Å². The average Bonchev–Trinajstić information content (AvgIpc) is 3.38. The molecule has 1 saturated heterocycles. The number of carbonyl (C=O) groups excluding carboxylic acids is 1. The number of fused-ring (bicyclic) bond motifs is 1. The number of ether oxygens (including phenoxy) is 2. The fourth-order valence-electron chi connectivity index (χ4n) is 3.63. The molecule has 2 aromatic heterocycles. The third-order valence-corrected chi connectivity index (χ3v) is 9.01. The first-order valence-electron chi connectivity index (χ1n) is 10.7. The van der Waals surface area contributed by atoms with E-state index < -0.39 is 60.6 Å². The Kier molecular flexibility index (Phi) is 8.45. The molecular formula is C17H21N6O14P3. The van der Waals surface area contributed by atoms with Gasteiger partial charge in [-0.05, 0) is 12.1 Å². The highest BCUT2D eigenvalue weighted by atomic mass is 31.3. The monoisotopic (exact) mass is 626 g/mol. The molecule has 3 unspecified atom stereocenters. The highest BCUT2D eigenvalue weighted by Gasteiger charge is 2.49. The molecule has 40 heavy (non-hydrogen) atoms. The van der Waals surface area contributed by atoms with Crippen molar-refractivity contribution in [3.05, 3.63) is 42.5 Å². The van der Waals surface area contributed by atoms with E-state index in [1.807, 2.05) is 0 Å². The number of nitrogen functional groups attached to an aromatic ring is 2. The minimum atomic E-state index is -5.81. The standard InChI is InChI=1S/C17H21N6O14P3/c18-9-4-2-1-3-8(9)17(25)35-13-10(5-33-39(29,30)37-40(31,32)36-38(26,27)28)34-16(12(13)24)23-7-22-11-14(19)20-6-21-15(11)23/h1-4,6-7,10,12-13,16,24H,5,18H2,(H,29,30)(H,31,32)(H2,19,20,21)(H2,26,27,28)/t10-,12+,13?,16-/m1/s1. The zero-order valence-electron chi connectivity index (χ0n) is 19.7. The van der Waals surface area contributed by atoms with Gasteiger partial charge in [-0.15, -0.1) is 0 Å². The molecule has 1 aliphatic heterocycles. The number of rotatable bonds is 10. The van der Waals surface area contributed by atoms with Crippen molar-refractivity contribution in [1.82, 2.24) is 19.5 Å². The molecule has 0 aliphatic carbocycles. The van der Waals surface area contributed by atoms with Crippen molar-refractivity contribution in [2.24, 2.45) is 0 Å². The highest BCUT2D eigenvalue weighted by Crippen LogP contribution is 2.66. The van der Waals surface area contributed by atoms with Gasteiger partial charge in [0.15, 0.2) is 23.8 Å². The van der Waals surface area contributed by atoms with Crippen molar-refractivity contribution in [2.75, 3.05) is 18.1 Å². The molecule has 9 N–H and O–H groups in total. The van der Waals surface area contributed by atoms with Crippen LogP contribution in [0.25, 0.3) is 11.2 Å². The molecule has 4 rings (SSSR count). The summed E-state index contributed by atoms with van der Waals surface area (Å²) in [6, 6.07) is 5.79. The minimum Gasteiger partial charge on any atom is -0.453 e. The minimum absolute atomic E-state index is 0.00276. The quantitative estimate of drug-likeness (QED) is 0.0871. The number of hydrogen-bond donors (Lipinski definition) is 7. The van der Waals surface area contributed by atoms with Gasteiger partial charge in [-0.25, -0.2) is 33.4 Å². The van der Waals surface area contributed by atoms with Crippen LogP contribution in [0, 0.1) is 0 Å². The summed E-state index contributed by atoms with van der Waals surface area (Å²) in [5, 5.41) is 11.1. The first kappa shape index (κ1) is 30.1. The summed E-state index contributed by atoms with van der Waals surface area (Å²) in [5.74, 6) is -1.01. The van der Waals surface area contributed by atoms with Gasteiger partial charge in [0.2, 0.25) is 0 Å². The number of phosphoric acid groups is 3. The molecule has 0 bridgehead atoms. The fraction of sp³-hybridized carbons (Fsp3) is 0.294. The van der Waals surface area contributed by atoms with E-state index in [0.717, 1.165) is 6.33 Å². The zero-order chi connectivity index (χ0) is 29.5. The van der Waals surface area contributed by atoms with E-state index in [9.17, 15) is 33.4 Å². The normalized spacial score (nSPS) is 24.4. The number of aliphatic hydroxyl groups is 1. The lowest BCUT2D eigenvalue weighted by atomic mass is 10.1. The van der Waals surface area contributed by atoms with Crippen molar-refractivity contribution in [3.8, 4) is 0 Å². The predicted octanol–water partition coefficient (Wildman–Crippen LogP) is -0.182. The Bertz CT molecular complexity index is 1560. The molecule has 1 fully saturated rings. The average molecular weight is 626 g/mol. The Morgan fingerprint density at radius 3 is 2.40 bits per heavy atom. The summed E-state index contributed by atoms with van der Waals surface area (Å²) in [5.41, 5.74) is 11.8. The van der Waals surface area contributed by atoms with Gasteiger partial charge in [-0.2, -0.15) is 8.62 Å². The van der Waals surface area contributed by atoms with Gasteiger partial charge in [-0.1, -0.05) is 12.1 Å². The summed E-state index contributed by atoms with van der Waals surface area (Å²) >= 11 is 0. The fourth-order valence-corrected chi connectivity index (χ4v) is 6.66. The molecule has 1 aromatic carbocycles. The SMILES string of the molecule is Nc1ccccc1C(=O)OC1[C@@H](COP(=O)(O)OP(=O)(O)OP(=O)(O)O)O[C@@H](n2cnc3c(N)ncnc32)[C@H]1O. The summed E-state index contributed by atoms with van der Waals surface area (Å²) in [7, 11) is -17.0.